The fraction of sp³-hybridized carbons (Fsp3) is 0.136. The second-order valence-corrected chi connectivity index (χ2v) is 6.97. The number of anilines is 1. The number of hydrogen-bond acceptors (Lipinski definition) is 2. The maximum Gasteiger partial charge on any atom is 0.319 e. The van der Waals surface area contributed by atoms with Crippen LogP contribution < -0.4 is 10.6 Å². The second-order valence-electron chi connectivity index (χ2n) is 6.54. The summed E-state index contributed by atoms with van der Waals surface area (Å²) in [6.45, 7) is 1.74. The Hall–Kier alpha value is -2.82. The zero-order valence-corrected chi connectivity index (χ0v) is 15.7. The molecule has 0 radical (unpaired) electrons. The summed E-state index contributed by atoms with van der Waals surface area (Å²) in [7, 11) is 0. The van der Waals surface area contributed by atoms with Gasteiger partial charge in [0.2, 0.25) is 0 Å². The minimum atomic E-state index is -1.19. The first-order chi connectivity index (χ1) is 12.9. The van der Waals surface area contributed by atoms with Crippen LogP contribution in [-0.4, -0.2) is 17.7 Å². The number of rotatable bonds is 5. The van der Waals surface area contributed by atoms with Gasteiger partial charge in [0.1, 0.15) is 5.60 Å². The van der Waals surface area contributed by atoms with Crippen LogP contribution in [0.15, 0.2) is 78.9 Å². The van der Waals surface area contributed by atoms with E-state index in [9.17, 15) is 9.90 Å². The molecule has 1 unspecified atom stereocenters. The number of hydrogen-bond donors (Lipinski definition) is 3. The summed E-state index contributed by atoms with van der Waals surface area (Å²) in [5.74, 6) is 0. The fourth-order valence-corrected chi connectivity index (χ4v) is 2.94. The Balaban J connectivity index is 1.61. The number of nitrogens with one attached hydrogen (secondary N) is 2. The molecular formula is C22H21ClN2O2. The van der Waals surface area contributed by atoms with Gasteiger partial charge in [0.05, 0.1) is 6.54 Å². The van der Waals surface area contributed by atoms with E-state index in [0.717, 1.165) is 16.7 Å². The highest BCUT2D eigenvalue weighted by molar-refractivity contribution is 6.30. The van der Waals surface area contributed by atoms with Gasteiger partial charge in [-0.2, -0.15) is 0 Å². The van der Waals surface area contributed by atoms with Crippen molar-refractivity contribution in [1.82, 2.24) is 5.32 Å². The van der Waals surface area contributed by atoms with E-state index in [4.69, 9.17) is 11.6 Å². The van der Waals surface area contributed by atoms with Gasteiger partial charge in [-0.3, -0.25) is 0 Å². The average molecular weight is 381 g/mol. The molecular weight excluding hydrogens is 360 g/mol. The molecule has 2 amide bonds. The van der Waals surface area contributed by atoms with E-state index in [1.165, 1.54) is 0 Å². The van der Waals surface area contributed by atoms with Crippen LogP contribution in [0.1, 0.15) is 12.5 Å². The molecule has 3 aromatic rings. The number of halogens is 1. The maximum atomic E-state index is 12.1. The minimum Gasteiger partial charge on any atom is -0.384 e. The molecule has 0 aliphatic carbocycles. The predicted molar refractivity (Wildman–Crippen MR) is 110 cm³/mol. The SMILES string of the molecule is CC(O)(CNC(=O)Nc1cccc(Cl)c1)c1ccc(-c2ccccc2)cc1. The summed E-state index contributed by atoms with van der Waals surface area (Å²) < 4.78 is 0. The zero-order valence-electron chi connectivity index (χ0n) is 14.9. The van der Waals surface area contributed by atoms with Crippen molar-refractivity contribution >= 4 is 23.3 Å². The van der Waals surface area contributed by atoms with Crippen LogP contribution in [0, 0.1) is 0 Å². The van der Waals surface area contributed by atoms with Crippen molar-refractivity contribution in [1.29, 1.82) is 0 Å². The Morgan fingerprint density at radius 3 is 2.30 bits per heavy atom. The standard InChI is InChI=1S/C22H21ClN2O2/c1-22(27,15-24-21(26)25-20-9-5-8-19(23)14-20)18-12-10-17(11-13-18)16-6-3-2-4-7-16/h2-14,27H,15H2,1H3,(H2,24,25,26). The quantitative estimate of drug-likeness (QED) is 0.581. The molecule has 0 saturated carbocycles. The molecule has 0 fully saturated rings. The number of benzene rings is 3. The minimum absolute atomic E-state index is 0.0735. The molecule has 27 heavy (non-hydrogen) atoms. The number of amides is 2. The Kier molecular flexibility index (Phi) is 5.79. The maximum absolute atomic E-state index is 12.1. The summed E-state index contributed by atoms with van der Waals surface area (Å²) in [6.07, 6.45) is 0. The third-order valence-electron chi connectivity index (χ3n) is 4.29. The Morgan fingerprint density at radius 2 is 1.63 bits per heavy atom. The van der Waals surface area contributed by atoms with Crippen LogP contribution in [0.25, 0.3) is 11.1 Å². The van der Waals surface area contributed by atoms with Crippen LogP contribution in [0.5, 0.6) is 0 Å². The number of urea groups is 1. The molecule has 1 atom stereocenters. The second kappa shape index (κ2) is 8.25. The zero-order chi connectivity index (χ0) is 19.3. The lowest BCUT2D eigenvalue weighted by molar-refractivity contribution is 0.0600. The largest absolute Gasteiger partial charge is 0.384 e. The molecule has 3 N–H and O–H groups in total. The smallest absolute Gasteiger partial charge is 0.319 e. The lowest BCUT2D eigenvalue weighted by atomic mass is 9.94. The first-order valence-corrected chi connectivity index (χ1v) is 9.01. The van der Waals surface area contributed by atoms with E-state index in [-0.39, 0.29) is 6.54 Å². The van der Waals surface area contributed by atoms with Gasteiger partial charge in [0.25, 0.3) is 0 Å². The highest BCUT2D eigenvalue weighted by Crippen LogP contribution is 2.25. The van der Waals surface area contributed by atoms with E-state index in [2.05, 4.69) is 10.6 Å². The van der Waals surface area contributed by atoms with Crippen molar-refractivity contribution < 1.29 is 9.90 Å². The summed E-state index contributed by atoms with van der Waals surface area (Å²) in [5, 5.41) is 16.7. The lowest BCUT2D eigenvalue weighted by Gasteiger charge is -2.24. The van der Waals surface area contributed by atoms with Crippen molar-refractivity contribution in [3.8, 4) is 11.1 Å². The van der Waals surface area contributed by atoms with Crippen LogP contribution >= 0.6 is 11.6 Å². The van der Waals surface area contributed by atoms with Gasteiger partial charge < -0.3 is 15.7 Å². The van der Waals surface area contributed by atoms with E-state index < -0.39 is 11.6 Å². The van der Waals surface area contributed by atoms with Gasteiger partial charge >= 0.3 is 6.03 Å². The molecule has 3 rings (SSSR count). The van der Waals surface area contributed by atoms with Crippen LogP contribution in [0.4, 0.5) is 10.5 Å². The van der Waals surface area contributed by atoms with Gasteiger partial charge in [0.15, 0.2) is 0 Å². The van der Waals surface area contributed by atoms with Gasteiger partial charge in [-0.1, -0.05) is 72.3 Å². The Morgan fingerprint density at radius 1 is 0.963 bits per heavy atom. The molecule has 0 spiro atoms. The van der Waals surface area contributed by atoms with E-state index in [0.29, 0.717) is 10.7 Å². The first kappa shape index (κ1) is 19.0. The molecule has 0 aliphatic heterocycles. The van der Waals surface area contributed by atoms with Crippen LogP contribution in [-0.2, 0) is 5.60 Å². The molecule has 0 aliphatic rings. The van der Waals surface area contributed by atoms with Gasteiger partial charge in [0, 0.05) is 10.7 Å². The molecule has 0 heterocycles. The molecule has 0 bridgehead atoms. The average Bonchev–Trinajstić information content (AvgIpc) is 2.67. The molecule has 0 aromatic heterocycles. The Labute approximate surface area is 163 Å². The summed E-state index contributed by atoms with van der Waals surface area (Å²) in [6, 6.07) is 24.2. The third-order valence-corrected chi connectivity index (χ3v) is 4.52. The van der Waals surface area contributed by atoms with Crippen molar-refractivity contribution in [3.63, 3.8) is 0 Å². The van der Waals surface area contributed by atoms with Crippen LogP contribution in [0.3, 0.4) is 0 Å². The third kappa shape index (κ3) is 5.09. The first-order valence-electron chi connectivity index (χ1n) is 8.63. The van der Waals surface area contributed by atoms with E-state index in [1.807, 2.05) is 54.6 Å². The molecule has 0 saturated heterocycles. The summed E-state index contributed by atoms with van der Waals surface area (Å²) in [4.78, 5) is 12.1. The number of carbonyl (C=O) groups is 1. The summed E-state index contributed by atoms with van der Waals surface area (Å²) in [5.41, 5.74) is 2.31. The molecule has 4 nitrogen and oxygen atoms in total. The predicted octanol–water partition coefficient (Wildman–Crippen LogP) is 5.04. The van der Waals surface area contributed by atoms with Crippen molar-refractivity contribution in [2.24, 2.45) is 0 Å². The van der Waals surface area contributed by atoms with Gasteiger partial charge in [-0.15, -0.1) is 0 Å². The van der Waals surface area contributed by atoms with Crippen molar-refractivity contribution in [2.45, 2.75) is 12.5 Å². The lowest BCUT2D eigenvalue weighted by Crippen LogP contribution is -2.40. The highest BCUT2D eigenvalue weighted by Gasteiger charge is 2.23. The topological polar surface area (TPSA) is 61.4 Å². The van der Waals surface area contributed by atoms with E-state index >= 15 is 0 Å². The van der Waals surface area contributed by atoms with E-state index in [1.54, 1.807) is 31.2 Å². The van der Waals surface area contributed by atoms with Gasteiger partial charge in [-0.05, 0) is 41.8 Å². The number of carbonyl (C=O) groups excluding carboxylic acids is 1. The summed E-state index contributed by atoms with van der Waals surface area (Å²) >= 11 is 5.90. The normalized spacial score (nSPS) is 12.9. The fourth-order valence-electron chi connectivity index (χ4n) is 2.75. The Bertz CT molecular complexity index is 909. The van der Waals surface area contributed by atoms with Crippen LogP contribution in [0.2, 0.25) is 5.02 Å². The number of aliphatic hydroxyl groups is 1. The molecule has 3 aromatic carbocycles. The monoisotopic (exact) mass is 380 g/mol. The highest BCUT2D eigenvalue weighted by atomic mass is 35.5. The molecule has 5 heteroatoms. The van der Waals surface area contributed by atoms with Crippen molar-refractivity contribution in [3.05, 3.63) is 89.4 Å². The van der Waals surface area contributed by atoms with Crippen molar-refractivity contribution in [2.75, 3.05) is 11.9 Å². The molecule has 138 valence electrons. The van der Waals surface area contributed by atoms with Gasteiger partial charge in [-0.25, -0.2) is 4.79 Å².